The third-order valence-corrected chi connectivity index (χ3v) is 3.50. The van der Waals surface area contributed by atoms with Crippen LogP contribution in [0.1, 0.15) is 29.1 Å². The second kappa shape index (κ2) is 5.23. The van der Waals surface area contributed by atoms with E-state index in [1.165, 1.54) is 10.4 Å². The van der Waals surface area contributed by atoms with Gasteiger partial charge in [0.1, 0.15) is 0 Å². The minimum absolute atomic E-state index is 0.228. The summed E-state index contributed by atoms with van der Waals surface area (Å²) in [4.78, 5) is 5.82. The molecule has 2 aromatic rings. The van der Waals surface area contributed by atoms with Gasteiger partial charge in [-0.05, 0) is 36.5 Å². The van der Waals surface area contributed by atoms with E-state index < -0.39 is 0 Å². The van der Waals surface area contributed by atoms with Crippen LogP contribution < -0.4 is 5.32 Å². The van der Waals surface area contributed by atoms with Crippen LogP contribution in [0.15, 0.2) is 35.8 Å². The fourth-order valence-electron chi connectivity index (χ4n) is 1.79. The first-order chi connectivity index (χ1) is 7.83. The van der Waals surface area contributed by atoms with Crippen molar-refractivity contribution in [3.05, 3.63) is 52.0 Å². The highest BCUT2D eigenvalue weighted by Crippen LogP contribution is 2.26. The van der Waals surface area contributed by atoms with Crippen LogP contribution in [-0.2, 0) is 0 Å². The maximum atomic E-state index is 4.50. The molecule has 0 bridgehead atoms. The largest absolute Gasteiger partial charge is 0.305 e. The minimum atomic E-state index is 0.228. The summed E-state index contributed by atoms with van der Waals surface area (Å²) in [6.07, 6.45) is 1.86. The molecule has 1 atom stereocenters. The molecule has 3 heteroatoms. The van der Waals surface area contributed by atoms with E-state index in [2.05, 4.69) is 47.7 Å². The molecule has 84 valence electrons. The summed E-state index contributed by atoms with van der Waals surface area (Å²) < 4.78 is 0. The Morgan fingerprint density at radius 1 is 1.38 bits per heavy atom. The quantitative estimate of drug-likeness (QED) is 0.876. The van der Waals surface area contributed by atoms with Crippen LogP contribution in [0.5, 0.6) is 0 Å². The molecule has 0 amide bonds. The van der Waals surface area contributed by atoms with E-state index in [1.54, 1.807) is 11.3 Å². The maximum Gasteiger partial charge on any atom is 0.0847 e. The first kappa shape index (κ1) is 11.3. The molecule has 1 unspecified atom stereocenters. The highest BCUT2D eigenvalue weighted by atomic mass is 32.1. The number of thiophene rings is 1. The van der Waals surface area contributed by atoms with Crippen molar-refractivity contribution < 1.29 is 0 Å². The van der Waals surface area contributed by atoms with Gasteiger partial charge in [-0.15, -0.1) is 11.3 Å². The fourth-order valence-corrected chi connectivity index (χ4v) is 2.59. The molecule has 2 aromatic heterocycles. The van der Waals surface area contributed by atoms with Crippen LogP contribution in [-0.4, -0.2) is 11.5 Å². The Bertz CT molecular complexity index is 437. The third kappa shape index (κ3) is 2.31. The van der Waals surface area contributed by atoms with Crippen molar-refractivity contribution in [2.75, 3.05) is 6.54 Å². The van der Waals surface area contributed by atoms with Crippen LogP contribution in [0.4, 0.5) is 0 Å². The van der Waals surface area contributed by atoms with Gasteiger partial charge in [0, 0.05) is 11.1 Å². The second-order valence-corrected chi connectivity index (χ2v) is 4.69. The molecule has 0 spiro atoms. The van der Waals surface area contributed by atoms with Crippen molar-refractivity contribution in [2.45, 2.75) is 19.9 Å². The Morgan fingerprint density at radius 3 is 2.88 bits per heavy atom. The molecule has 0 aliphatic rings. The Labute approximate surface area is 100 Å². The Kier molecular flexibility index (Phi) is 3.70. The zero-order valence-electron chi connectivity index (χ0n) is 9.60. The van der Waals surface area contributed by atoms with Crippen molar-refractivity contribution in [1.29, 1.82) is 0 Å². The summed E-state index contributed by atoms with van der Waals surface area (Å²) in [7, 11) is 0. The highest BCUT2D eigenvalue weighted by Gasteiger charge is 2.16. The van der Waals surface area contributed by atoms with Crippen molar-refractivity contribution in [3.63, 3.8) is 0 Å². The lowest BCUT2D eigenvalue weighted by Crippen LogP contribution is -2.22. The number of rotatable bonds is 4. The van der Waals surface area contributed by atoms with E-state index in [0.717, 1.165) is 12.2 Å². The molecule has 16 heavy (non-hydrogen) atoms. The second-order valence-electron chi connectivity index (χ2n) is 3.71. The van der Waals surface area contributed by atoms with Crippen molar-refractivity contribution in [1.82, 2.24) is 10.3 Å². The number of pyridine rings is 1. The summed E-state index contributed by atoms with van der Waals surface area (Å²) in [5, 5.41) is 5.60. The van der Waals surface area contributed by atoms with Gasteiger partial charge in [-0.1, -0.05) is 19.1 Å². The lowest BCUT2D eigenvalue weighted by molar-refractivity contribution is 0.620. The molecule has 0 aromatic carbocycles. The summed E-state index contributed by atoms with van der Waals surface area (Å²) in [5.41, 5.74) is 2.37. The molecular weight excluding hydrogens is 216 g/mol. The van der Waals surface area contributed by atoms with E-state index in [0.29, 0.717) is 0 Å². The maximum absolute atomic E-state index is 4.50. The average Bonchev–Trinajstić information content (AvgIpc) is 2.80. The van der Waals surface area contributed by atoms with Crippen molar-refractivity contribution in [3.8, 4) is 0 Å². The molecule has 0 aliphatic carbocycles. The normalized spacial score (nSPS) is 12.6. The topological polar surface area (TPSA) is 24.9 Å². The van der Waals surface area contributed by atoms with E-state index >= 15 is 0 Å². The van der Waals surface area contributed by atoms with E-state index in [1.807, 2.05) is 12.3 Å². The summed E-state index contributed by atoms with van der Waals surface area (Å²) in [5.74, 6) is 0. The highest BCUT2D eigenvalue weighted by molar-refractivity contribution is 7.10. The zero-order chi connectivity index (χ0) is 11.4. The van der Waals surface area contributed by atoms with Gasteiger partial charge in [0.2, 0.25) is 0 Å². The van der Waals surface area contributed by atoms with Gasteiger partial charge >= 0.3 is 0 Å². The van der Waals surface area contributed by atoms with Crippen molar-refractivity contribution >= 4 is 11.3 Å². The summed E-state index contributed by atoms with van der Waals surface area (Å²) in [6, 6.07) is 8.57. The molecule has 0 fully saturated rings. The average molecular weight is 232 g/mol. The SMILES string of the molecule is CCNC(c1cccs1)c1ncccc1C. The number of aryl methyl sites for hydroxylation is 1. The van der Waals surface area contributed by atoms with E-state index in [9.17, 15) is 0 Å². The Balaban J connectivity index is 2.37. The molecule has 0 saturated carbocycles. The molecule has 2 rings (SSSR count). The molecule has 2 heterocycles. The molecule has 2 nitrogen and oxygen atoms in total. The monoisotopic (exact) mass is 232 g/mol. The predicted octanol–water partition coefficient (Wildman–Crippen LogP) is 3.15. The van der Waals surface area contributed by atoms with Crippen LogP contribution >= 0.6 is 11.3 Å². The van der Waals surface area contributed by atoms with Crippen molar-refractivity contribution in [2.24, 2.45) is 0 Å². The number of hydrogen-bond donors (Lipinski definition) is 1. The molecular formula is C13H16N2S. The molecule has 0 aliphatic heterocycles. The van der Waals surface area contributed by atoms with Gasteiger partial charge in [-0.25, -0.2) is 0 Å². The number of hydrogen-bond acceptors (Lipinski definition) is 3. The first-order valence-corrected chi connectivity index (χ1v) is 6.39. The summed E-state index contributed by atoms with van der Waals surface area (Å²) >= 11 is 1.77. The molecule has 1 N–H and O–H groups in total. The number of nitrogens with zero attached hydrogens (tertiary/aromatic N) is 1. The van der Waals surface area contributed by atoms with Crippen LogP contribution in [0.25, 0.3) is 0 Å². The Morgan fingerprint density at radius 2 is 2.25 bits per heavy atom. The van der Waals surface area contributed by atoms with E-state index in [4.69, 9.17) is 0 Å². The lowest BCUT2D eigenvalue weighted by atomic mass is 10.1. The van der Waals surface area contributed by atoms with Gasteiger partial charge in [0.15, 0.2) is 0 Å². The molecule has 0 radical (unpaired) electrons. The predicted molar refractivity (Wildman–Crippen MR) is 68.8 cm³/mol. The third-order valence-electron chi connectivity index (χ3n) is 2.56. The van der Waals surface area contributed by atoms with Crippen LogP contribution in [0.2, 0.25) is 0 Å². The Hall–Kier alpha value is -1.19. The van der Waals surface area contributed by atoms with Gasteiger partial charge in [0.05, 0.1) is 11.7 Å². The number of aromatic nitrogens is 1. The smallest absolute Gasteiger partial charge is 0.0847 e. The zero-order valence-corrected chi connectivity index (χ0v) is 10.4. The standard InChI is InChI=1S/C13H16N2S/c1-3-14-13(11-7-5-9-16-11)12-10(2)6-4-8-15-12/h4-9,13-14H,3H2,1-2H3. The first-order valence-electron chi connectivity index (χ1n) is 5.51. The lowest BCUT2D eigenvalue weighted by Gasteiger charge is -2.17. The van der Waals surface area contributed by atoms with Gasteiger partial charge in [-0.2, -0.15) is 0 Å². The fraction of sp³-hybridized carbons (Fsp3) is 0.308. The van der Waals surface area contributed by atoms with Gasteiger partial charge in [-0.3, -0.25) is 4.98 Å². The number of nitrogens with one attached hydrogen (secondary N) is 1. The van der Waals surface area contributed by atoms with Gasteiger partial charge in [0.25, 0.3) is 0 Å². The molecule has 0 saturated heterocycles. The van der Waals surface area contributed by atoms with Gasteiger partial charge < -0.3 is 5.32 Å². The minimum Gasteiger partial charge on any atom is -0.305 e. The van der Waals surface area contributed by atoms with Crippen LogP contribution in [0.3, 0.4) is 0 Å². The van der Waals surface area contributed by atoms with E-state index in [-0.39, 0.29) is 6.04 Å². The summed E-state index contributed by atoms with van der Waals surface area (Å²) in [6.45, 7) is 5.18. The van der Waals surface area contributed by atoms with Crippen LogP contribution in [0, 0.1) is 6.92 Å².